The van der Waals surface area contributed by atoms with Gasteiger partial charge < -0.3 is 15.8 Å². The van der Waals surface area contributed by atoms with Crippen LogP contribution in [0.15, 0.2) is 46.0 Å². The molecule has 1 fully saturated rings. The summed E-state index contributed by atoms with van der Waals surface area (Å²) in [5.41, 5.74) is 3.33. The number of nitrogens with zero attached hydrogens (tertiary/aromatic N) is 2. The Bertz CT molecular complexity index is 970. The zero-order valence-electron chi connectivity index (χ0n) is 14.2. The third-order valence-corrected chi connectivity index (χ3v) is 5.28. The van der Waals surface area contributed by atoms with Crippen LogP contribution in [0.4, 0.5) is 18.9 Å². The fourth-order valence-electron chi connectivity index (χ4n) is 3.42. The lowest BCUT2D eigenvalue weighted by atomic mass is 9.84. The van der Waals surface area contributed by atoms with Crippen molar-refractivity contribution >= 4 is 33.5 Å². The summed E-state index contributed by atoms with van der Waals surface area (Å²) in [4.78, 5) is 20.1. The number of nitrogens with two attached hydrogens (primary N) is 1. The first kappa shape index (κ1) is 18.7. The van der Waals surface area contributed by atoms with Gasteiger partial charge in [0, 0.05) is 27.8 Å². The average Bonchev–Trinajstić information content (AvgIpc) is 3.42. The standard InChI is InChI=1S/C18H14BrF3N4O2/c19-8-1-4-13(24-7-8)15(27)25-9-2-3-12(20)10(5-9)18(16(21)22)11-6-14(11)28-17(23)26-18/h1-5,7,11,14,16H,6H2,(H2,23,26)(H,25,27)/t11-,14?,18+/m1/s1. The molecular weight excluding hydrogens is 441 g/mol. The van der Waals surface area contributed by atoms with Gasteiger partial charge in [-0.25, -0.2) is 23.1 Å². The highest BCUT2D eigenvalue weighted by Crippen LogP contribution is 2.56. The van der Waals surface area contributed by atoms with Gasteiger partial charge in [0.05, 0.1) is 0 Å². The summed E-state index contributed by atoms with van der Waals surface area (Å²) in [6, 6.07) is 6.19. The molecule has 146 valence electrons. The minimum Gasteiger partial charge on any atom is -0.462 e. The molecule has 1 aliphatic carbocycles. The number of aliphatic imine (C=N–C) groups is 1. The van der Waals surface area contributed by atoms with Gasteiger partial charge in [-0.05, 0) is 52.7 Å². The third kappa shape index (κ3) is 3.11. The van der Waals surface area contributed by atoms with Crippen molar-refractivity contribution in [1.29, 1.82) is 0 Å². The molecule has 10 heteroatoms. The number of alkyl halides is 2. The van der Waals surface area contributed by atoms with Crippen molar-refractivity contribution in [2.45, 2.75) is 24.5 Å². The van der Waals surface area contributed by atoms with Gasteiger partial charge in [0.2, 0.25) is 0 Å². The van der Waals surface area contributed by atoms with Crippen LogP contribution in [0.2, 0.25) is 0 Å². The van der Waals surface area contributed by atoms with Gasteiger partial charge in [-0.1, -0.05) is 0 Å². The van der Waals surface area contributed by atoms with Crippen LogP contribution >= 0.6 is 15.9 Å². The van der Waals surface area contributed by atoms with Gasteiger partial charge in [-0.2, -0.15) is 0 Å². The molecule has 4 rings (SSSR count). The lowest BCUT2D eigenvalue weighted by Crippen LogP contribution is -2.43. The summed E-state index contributed by atoms with van der Waals surface area (Å²) >= 11 is 3.22. The largest absolute Gasteiger partial charge is 0.462 e. The maximum atomic E-state index is 14.6. The monoisotopic (exact) mass is 454 g/mol. The van der Waals surface area contributed by atoms with E-state index in [2.05, 4.69) is 31.2 Å². The Balaban J connectivity index is 1.70. The smallest absolute Gasteiger partial charge is 0.283 e. The highest BCUT2D eigenvalue weighted by atomic mass is 79.9. The number of aromatic nitrogens is 1. The van der Waals surface area contributed by atoms with Crippen LogP contribution in [-0.2, 0) is 10.3 Å². The van der Waals surface area contributed by atoms with E-state index in [0.717, 1.165) is 12.1 Å². The Morgan fingerprint density at radius 3 is 2.82 bits per heavy atom. The number of nitrogens with one attached hydrogen (secondary N) is 1. The van der Waals surface area contributed by atoms with Crippen molar-refractivity contribution in [1.82, 2.24) is 4.98 Å². The number of ether oxygens (including phenoxy) is 1. The Morgan fingerprint density at radius 2 is 2.14 bits per heavy atom. The van der Waals surface area contributed by atoms with Gasteiger partial charge in [-0.15, -0.1) is 0 Å². The molecule has 2 heterocycles. The first-order valence-corrected chi connectivity index (χ1v) is 9.13. The SMILES string of the molecule is NC1=N[C@](c2cc(NC(=O)c3ccc(Br)cn3)ccc2F)(C(F)F)[C@@H]2CC2O1. The van der Waals surface area contributed by atoms with E-state index in [-0.39, 0.29) is 16.9 Å². The highest BCUT2D eigenvalue weighted by Gasteiger charge is 2.64. The topological polar surface area (TPSA) is 89.6 Å². The molecule has 6 nitrogen and oxygen atoms in total. The molecule has 2 aliphatic rings. The number of amidine groups is 1. The summed E-state index contributed by atoms with van der Waals surface area (Å²) in [6.07, 6.45) is -1.77. The molecule has 0 bridgehead atoms. The van der Waals surface area contributed by atoms with E-state index in [0.29, 0.717) is 10.9 Å². The van der Waals surface area contributed by atoms with Crippen molar-refractivity contribution in [3.05, 3.63) is 58.1 Å². The van der Waals surface area contributed by atoms with Gasteiger partial charge in [0.15, 0.2) is 5.54 Å². The molecule has 1 aromatic carbocycles. The molecule has 0 saturated heterocycles. The van der Waals surface area contributed by atoms with Crippen molar-refractivity contribution in [3.63, 3.8) is 0 Å². The van der Waals surface area contributed by atoms with Crippen LogP contribution in [0.3, 0.4) is 0 Å². The minimum absolute atomic E-state index is 0.119. The molecule has 28 heavy (non-hydrogen) atoms. The minimum atomic E-state index is -3.00. The van der Waals surface area contributed by atoms with Crippen molar-refractivity contribution < 1.29 is 22.7 Å². The van der Waals surface area contributed by atoms with Gasteiger partial charge in [0.1, 0.15) is 17.6 Å². The highest BCUT2D eigenvalue weighted by molar-refractivity contribution is 9.10. The van der Waals surface area contributed by atoms with Crippen LogP contribution < -0.4 is 11.1 Å². The molecular formula is C18H14BrF3N4O2. The summed E-state index contributed by atoms with van der Waals surface area (Å²) in [6.45, 7) is 0. The van der Waals surface area contributed by atoms with E-state index in [1.165, 1.54) is 18.3 Å². The van der Waals surface area contributed by atoms with E-state index in [9.17, 15) is 18.0 Å². The van der Waals surface area contributed by atoms with Crippen molar-refractivity contribution in [2.24, 2.45) is 16.6 Å². The van der Waals surface area contributed by atoms with Crippen LogP contribution in [0.5, 0.6) is 0 Å². The molecule has 1 aromatic heterocycles. The summed E-state index contributed by atoms with van der Waals surface area (Å²) in [7, 11) is 0. The fraction of sp³-hybridized carbons (Fsp3) is 0.278. The molecule has 0 radical (unpaired) electrons. The first-order chi connectivity index (χ1) is 13.3. The number of halogens is 4. The van der Waals surface area contributed by atoms with E-state index in [1.807, 2.05) is 0 Å². The maximum absolute atomic E-state index is 14.6. The molecule has 1 unspecified atom stereocenters. The van der Waals surface area contributed by atoms with Gasteiger partial charge in [-0.3, -0.25) is 4.79 Å². The number of hydrogen-bond donors (Lipinski definition) is 2. The normalized spacial score (nSPS) is 25.5. The lowest BCUT2D eigenvalue weighted by molar-refractivity contribution is 0.0177. The molecule has 3 N–H and O–H groups in total. The van der Waals surface area contributed by atoms with Crippen LogP contribution in [0, 0.1) is 11.7 Å². The quantitative estimate of drug-likeness (QED) is 0.740. The molecule has 2 aromatic rings. The van der Waals surface area contributed by atoms with Crippen molar-refractivity contribution in [3.8, 4) is 0 Å². The van der Waals surface area contributed by atoms with Crippen LogP contribution in [0.1, 0.15) is 22.5 Å². The molecule has 3 atom stereocenters. The van der Waals surface area contributed by atoms with E-state index in [1.54, 1.807) is 6.07 Å². The van der Waals surface area contributed by atoms with Crippen LogP contribution in [0.25, 0.3) is 0 Å². The number of amides is 1. The fourth-order valence-corrected chi connectivity index (χ4v) is 3.65. The Morgan fingerprint density at radius 1 is 1.36 bits per heavy atom. The average molecular weight is 455 g/mol. The number of carbonyl (C=O) groups excluding carboxylic acids is 1. The number of carbonyl (C=O) groups is 1. The second kappa shape index (κ2) is 6.77. The number of pyridine rings is 1. The van der Waals surface area contributed by atoms with E-state index in [4.69, 9.17) is 10.5 Å². The van der Waals surface area contributed by atoms with E-state index < -0.39 is 41.7 Å². The Labute approximate surface area is 166 Å². The molecule has 0 spiro atoms. The zero-order valence-corrected chi connectivity index (χ0v) is 15.8. The van der Waals surface area contributed by atoms with E-state index >= 15 is 0 Å². The van der Waals surface area contributed by atoms with Crippen molar-refractivity contribution in [2.75, 3.05) is 5.32 Å². The molecule has 1 aliphatic heterocycles. The Kier molecular flexibility index (Phi) is 4.53. The van der Waals surface area contributed by atoms with Gasteiger partial charge in [0.25, 0.3) is 18.4 Å². The predicted molar refractivity (Wildman–Crippen MR) is 98.6 cm³/mol. The summed E-state index contributed by atoms with van der Waals surface area (Å²) in [5.74, 6) is -2.10. The third-order valence-electron chi connectivity index (χ3n) is 4.81. The zero-order chi connectivity index (χ0) is 20.1. The molecule has 1 saturated carbocycles. The second-order valence-corrected chi connectivity index (χ2v) is 7.50. The maximum Gasteiger partial charge on any atom is 0.283 e. The number of fused-ring (bicyclic) bond motifs is 1. The summed E-state index contributed by atoms with van der Waals surface area (Å²) in [5, 5.41) is 2.54. The number of benzene rings is 1. The Hall–Kier alpha value is -2.62. The van der Waals surface area contributed by atoms with Crippen LogP contribution in [-0.4, -0.2) is 29.4 Å². The number of rotatable bonds is 4. The predicted octanol–water partition coefficient (Wildman–Crippen LogP) is 3.43. The lowest BCUT2D eigenvalue weighted by Gasteiger charge is -2.33. The second-order valence-electron chi connectivity index (χ2n) is 6.58. The number of anilines is 1. The molecule has 1 amide bonds. The number of hydrogen-bond acceptors (Lipinski definition) is 5. The first-order valence-electron chi connectivity index (χ1n) is 8.34. The van der Waals surface area contributed by atoms with Gasteiger partial charge >= 0.3 is 0 Å². The summed E-state index contributed by atoms with van der Waals surface area (Å²) < 4.78 is 48.6.